The number of aryl methyl sites for hydroxylation is 1. The van der Waals surface area contributed by atoms with Gasteiger partial charge in [0.15, 0.2) is 5.82 Å². The van der Waals surface area contributed by atoms with Gasteiger partial charge in [-0.25, -0.2) is 13.8 Å². The SMILES string of the molecule is COCCOc1ccc2c(=O)n(-c3ccc4[nH]c(C)cc4c3F)cc(C(=O)N3CCC(F)CC3)c2n1. The van der Waals surface area contributed by atoms with Crippen molar-refractivity contribution in [2.75, 3.05) is 33.4 Å². The Morgan fingerprint density at radius 2 is 1.94 bits per heavy atom. The molecule has 0 radical (unpaired) electrons. The second kappa shape index (κ2) is 9.69. The van der Waals surface area contributed by atoms with Crippen molar-refractivity contribution in [3.63, 3.8) is 0 Å². The van der Waals surface area contributed by atoms with Gasteiger partial charge in [0.25, 0.3) is 11.5 Å². The zero-order chi connectivity index (χ0) is 25.4. The fourth-order valence-electron chi connectivity index (χ4n) is 4.55. The number of benzene rings is 1. The molecular weight excluding hydrogens is 470 g/mol. The smallest absolute Gasteiger partial charge is 0.264 e. The molecule has 1 N–H and O–H groups in total. The number of H-pyrrole nitrogens is 1. The molecule has 4 heterocycles. The highest BCUT2D eigenvalue weighted by molar-refractivity contribution is 6.05. The Labute approximate surface area is 205 Å². The number of ether oxygens (including phenoxy) is 2. The lowest BCUT2D eigenvalue weighted by Crippen LogP contribution is -2.39. The maximum absolute atomic E-state index is 15.6. The van der Waals surface area contributed by atoms with E-state index in [9.17, 15) is 14.0 Å². The van der Waals surface area contributed by atoms with E-state index in [0.29, 0.717) is 17.5 Å². The molecule has 188 valence electrons. The molecule has 0 aliphatic carbocycles. The van der Waals surface area contributed by atoms with Crippen LogP contribution in [-0.4, -0.2) is 64.9 Å². The van der Waals surface area contributed by atoms with Crippen LogP contribution in [-0.2, 0) is 4.74 Å². The number of hydrogen-bond acceptors (Lipinski definition) is 5. The maximum Gasteiger partial charge on any atom is 0.264 e. The van der Waals surface area contributed by atoms with E-state index < -0.39 is 23.5 Å². The first-order valence-electron chi connectivity index (χ1n) is 11.8. The van der Waals surface area contributed by atoms with Gasteiger partial charge >= 0.3 is 0 Å². The Balaban J connectivity index is 1.68. The van der Waals surface area contributed by atoms with Crippen molar-refractivity contribution in [2.24, 2.45) is 0 Å². The molecule has 3 aromatic heterocycles. The van der Waals surface area contributed by atoms with Gasteiger partial charge < -0.3 is 19.4 Å². The second-order valence-electron chi connectivity index (χ2n) is 8.88. The van der Waals surface area contributed by atoms with Gasteiger partial charge in [-0.1, -0.05) is 0 Å². The molecule has 1 amide bonds. The van der Waals surface area contributed by atoms with E-state index in [1.807, 2.05) is 6.92 Å². The molecule has 1 saturated heterocycles. The number of halogens is 2. The molecular formula is C26H26F2N4O4. The Kier molecular flexibility index (Phi) is 6.44. The van der Waals surface area contributed by atoms with Crippen LogP contribution in [0.2, 0.25) is 0 Å². The first kappa shape index (κ1) is 23.9. The summed E-state index contributed by atoms with van der Waals surface area (Å²) in [5.74, 6) is -0.757. The number of pyridine rings is 2. The van der Waals surface area contributed by atoms with Crippen molar-refractivity contribution < 1.29 is 23.0 Å². The number of hydrogen-bond donors (Lipinski definition) is 1. The quantitative estimate of drug-likeness (QED) is 0.409. The van der Waals surface area contributed by atoms with Crippen molar-refractivity contribution in [1.29, 1.82) is 0 Å². The van der Waals surface area contributed by atoms with E-state index in [0.717, 1.165) is 10.3 Å². The summed E-state index contributed by atoms with van der Waals surface area (Å²) in [6.45, 7) is 2.88. The van der Waals surface area contributed by atoms with Gasteiger partial charge in [0.05, 0.1) is 28.8 Å². The summed E-state index contributed by atoms with van der Waals surface area (Å²) >= 11 is 0. The number of carbonyl (C=O) groups is 1. The van der Waals surface area contributed by atoms with Crippen molar-refractivity contribution in [1.82, 2.24) is 19.4 Å². The highest BCUT2D eigenvalue weighted by Crippen LogP contribution is 2.27. The molecule has 0 spiro atoms. The molecule has 1 fully saturated rings. The minimum atomic E-state index is -0.954. The number of likely N-dealkylation sites (tertiary alicyclic amines) is 1. The van der Waals surface area contributed by atoms with Gasteiger partial charge in [-0.15, -0.1) is 0 Å². The number of amides is 1. The molecule has 5 rings (SSSR count). The van der Waals surface area contributed by atoms with E-state index >= 15 is 4.39 Å². The first-order chi connectivity index (χ1) is 17.4. The molecule has 0 atom stereocenters. The zero-order valence-electron chi connectivity index (χ0n) is 20.0. The van der Waals surface area contributed by atoms with Gasteiger partial charge in [-0.3, -0.25) is 14.2 Å². The lowest BCUT2D eigenvalue weighted by molar-refractivity contribution is 0.0668. The number of aromatic amines is 1. The number of alkyl halides is 1. The topological polar surface area (TPSA) is 89.4 Å². The van der Waals surface area contributed by atoms with E-state index in [1.165, 1.54) is 29.3 Å². The average Bonchev–Trinajstić information content (AvgIpc) is 3.26. The molecule has 0 bridgehead atoms. The van der Waals surface area contributed by atoms with Gasteiger partial charge in [0, 0.05) is 49.1 Å². The molecule has 1 aliphatic rings. The van der Waals surface area contributed by atoms with E-state index in [2.05, 4.69) is 9.97 Å². The molecule has 1 aromatic carbocycles. The minimum Gasteiger partial charge on any atom is -0.475 e. The lowest BCUT2D eigenvalue weighted by atomic mass is 10.1. The van der Waals surface area contributed by atoms with Gasteiger partial charge in [-0.05, 0) is 44.0 Å². The lowest BCUT2D eigenvalue weighted by Gasteiger charge is -2.29. The predicted octanol–water partition coefficient (Wildman–Crippen LogP) is 3.91. The summed E-state index contributed by atoms with van der Waals surface area (Å²) in [6, 6.07) is 7.90. The van der Waals surface area contributed by atoms with E-state index in [4.69, 9.17) is 9.47 Å². The summed E-state index contributed by atoms with van der Waals surface area (Å²) in [6.07, 6.45) is 0.842. The van der Waals surface area contributed by atoms with Crippen molar-refractivity contribution in [3.05, 3.63) is 64.0 Å². The normalized spacial score (nSPS) is 14.6. The number of fused-ring (bicyclic) bond motifs is 2. The largest absolute Gasteiger partial charge is 0.475 e. The number of rotatable bonds is 6. The minimum absolute atomic E-state index is 0.0188. The standard InChI is InChI=1S/C26H26F2N4O4/c1-15-13-18-20(29-15)4-5-21(23(18)28)32-14-19(25(33)31-9-7-16(27)8-10-31)24-17(26(32)34)3-6-22(30-24)36-12-11-35-2/h3-6,13-14,16,29H,7-12H2,1-2H3. The van der Waals surface area contributed by atoms with Crippen LogP contribution in [0.25, 0.3) is 27.5 Å². The summed E-state index contributed by atoms with van der Waals surface area (Å²) in [5, 5.41) is 0.486. The average molecular weight is 497 g/mol. The van der Waals surface area contributed by atoms with Crippen molar-refractivity contribution in [3.8, 4) is 11.6 Å². The molecule has 4 aromatic rings. The first-order valence-corrected chi connectivity index (χ1v) is 11.8. The molecule has 0 saturated carbocycles. The Hall–Kier alpha value is -3.79. The highest BCUT2D eigenvalue weighted by Gasteiger charge is 2.27. The van der Waals surface area contributed by atoms with Crippen LogP contribution in [0.3, 0.4) is 0 Å². The number of aromatic nitrogens is 3. The van der Waals surface area contributed by atoms with Crippen LogP contribution in [0, 0.1) is 12.7 Å². The van der Waals surface area contributed by atoms with Crippen LogP contribution in [0.15, 0.2) is 41.3 Å². The van der Waals surface area contributed by atoms with Crippen LogP contribution in [0.4, 0.5) is 8.78 Å². The van der Waals surface area contributed by atoms with Crippen molar-refractivity contribution in [2.45, 2.75) is 25.9 Å². The summed E-state index contributed by atoms with van der Waals surface area (Å²) < 4.78 is 41.0. The van der Waals surface area contributed by atoms with Crippen LogP contribution >= 0.6 is 0 Å². The van der Waals surface area contributed by atoms with Gasteiger partial charge in [0.1, 0.15) is 12.8 Å². The van der Waals surface area contributed by atoms with Crippen LogP contribution < -0.4 is 10.3 Å². The number of piperidine rings is 1. The summed E-state index contributed by atoms with van der Waals surface area (Å²) in [7, 11) is 1.54. The monoisotopic (exact) mass is 496 g/mol. The maximum atomic E-state index is 15.6. The number of methoxy groups -OCH3 is 1. The Bertz CT molecular complexity index is 1510. The van der Waals surface area contributed by atoms with Gasteiger partial charge in [0.2, 0.25) is 5.88 Å². The van der Waals surface area contributed by atoms with Crippen molar-refractivity contribution >= 4 is 27.7 Å². The third kappa shape index (κ3) is 4.32. The summed E-state index contributed by atoms with van der Waals surface area (Å²) in [5.41, 5.74) is 1.15. The van der Waals surface area contributed by atoms with E-state index in [-0.39, 0.29) is 60.6 Å². The third-order valence-corrected chi connectivity index (χ3v) is 6.42. The molecule has 36 heavy (non-hydrogen) atoms. The molecule has 8 nitrogen and oxygen atoms in total. The predicted molar refractivity (Wildman–Crippen MR) is 131 cm³/mol. The molecule has 10 heteroatoms. The van der Waals surface area contributed by atoms with E-state index in [1.54, 1.807) is 19.2 Å². The fraction of sp³-hybridized carbons (Fsp3) is 0.346. The third-order valence-electron chi connectivity index (χ3n) is 6.42. The Morgan fingerprint density at radius 1 is 1.17 bits per heavy atom. The van der Waals surface area contributed by atoms with Gasteiger partial charge in [-0.2, -0.15) is 0 Å². The zero-order valence-corrected chi connectivity index (χ0v) is 20.0. The number of carbonyl (C=O) groups excluding carboxylic acids is 1. The number of nitrogens with one attached hydrogen (secondary N) is 1. The Morgan fingerprint density at radius 3 is 2.69 bits per heavy atom. The second-order valence-corrected chi connectivity index (χ2v) is 8.88. The highest BCUT2D eigenvalue weighted by atomic mass is 19.1. The molecule has 0 unspecified atom stereocenters. The number of nitrogens with zero attached hydrogens (tertiary/aromatic N) is 3. The molecule has 1 aliphatic heterocycles. The van der Waals surface area contributed by atoms with Crippen LogP contribution in [0.1, 0.15) is 28.9 Å². The van der Waals surface area contributed by atoms with Crippen LogP contribution in [0.5, 0.6) is 5.88 Å². The fourth-order valence-corrected chi connectivity index (χ4v) is 4.55. The summed E-state index contributed by atoms with van der Waals surface area (Å²) in [4.78, 5) is 36.1.